The van der Waals surface area contributed by atoms with Gasteiger partial charge in [0.1, 0.15) is 11.4 Å². The fourth-order valence-corrected chi connectivity index (χ4v) is 3.26. The molecule has 0 spiro atoms. The molecule has 1 aliphatic heterocycles. The molecule has 21 heavy (non-hydrogen) atoms. The van der Waals surface area contributed by atoms with E-state index in [0.29, 0.717) is 0 Å². The first kappa shape index (κ1) is 16.0. The Morgan fingerprint density at radius 1 is 1.29 bits per heavy atom. The molecular formula is C14H24N4O2S. The zero-order valence-corrected chi connectivity index (χ0v) is 14.4. The number of aromatic nitrogens is 2. The molecule has 0 bridgehead atoms. The van der Waals surface area contributed by atoms with Crippen molar-refractivity contribution in [1.82, 2.24) is 14.3 Å². The molecule has 7 heteroatoms. The van der Waals surface area contributed by atoms with E-state index < -0.39 is 5.60 Å². The highest BCUT2D eigenvalue weighted by atomic mass is 32.1. The minimum Gasteiger partial charge on any atom is -0.444 e. The van der Waals surface area contributed by atoms with Crippen LogP contribution < -0.4 is 4.90 Å². The fourth-order valence-electron chi connectivity index (χ4n) is 2.57. The molecule has 1 aliphatic rings. The third-order valence-electron chi connectivity index (χ3n) is 3.31. The van der Waals surface area contributed by atoms with Crippen LogP contribution >= 0.6 is 11.5 Å². The quantitative estimate of drug-likeness (QED) is 0.798. The van der Waals surface area contributed by atoms with Gasteiger partial charge in [-0.25, -0.2) is 9.78 Å². The van der Waals surface area contributed by atoms with E-state index in [1.165, 1.54) is 11.5 Å². The van der Waals surface area contributed by atoms with Crippen molar-refractivity contribution in [3.63, 3.8) is 0 Å². The fraction of sp³-hybridized carbons (Fsp3) is 0.786. The predicted octanol–water partition coefficient (Wildman–Crippen LogP) is 2.68. The van der Waals surface area contributed by atoms with E-state index in [9.17, 15) is 4.79 Å². The molecule has 0 saturated carbocycles. The van der Waals surface area contributed by atoms with Crippen LogP contribution in [0.2, 0.25) is 0 Å². The summed E-state index contributed by atoms with van der Waals surface area (Å²) < 4.78 is 9.73. The van der Waals surface area contributed by atoms with Gasteiger partial charge in [-0.3, -0.25) is 4.90 Å². The molecule has 2 atom stereocenters. The lowest BCUT2D eigenvalue weighted by atomic mass is 10.1. The summed E-state index contributed by atoms with van der Waals surface area (Å²) in [5.74, 6) is 0.796. The molecule has 0 aromatic carbocycles. The molecule has 6 nitrogen and oxygen atoms in total. The number of amides is 1. The van der Waals surface area contributed by atoms with Gasteiger partial charge >= 0.3 is 6.09 Å². The Hall–Kier alpha value is -1.37. The van der Waals surface area contributed by atoms with Crippen molar-refractivity contribution in [2.75, 3.05) is 18.0 Å². The largest absolute Gasteiger partial charge is 0.444 e. The van der Waals surface area contributed by atoms with E-state index >= 15 is 0 Å². The summed E-state index contributed by atoms with van der Waals surface area (Å²) in [6.45, 7) is 13.1. The van der Waals surface area contributed by atoms with E-state index in [4.69, 9.17) is 4.74 Å². The van der Waals surface area contributed by atoms with Crippen LogP contribution in [0, 0.1) is 6.92 Å². The summed E-state index contributed by atoms with van der Waals surface area (Å²) >= 11 is 1.41. The van der Waals surface area contributed by atoms with Gasteiger partial charge in [0.05, 0.1) is 12.1 Å². The Kier molecular flexibility index (Phi) is 4.41. The average Bonchev–Trinajstić information content (AvgIpc) is 2.72. The van der Waals surface area contributed by atoms with Crippen LogP contribution in [-0.2, 0) is 4.74 Å². The lowest BCUT2D eigenvalue weighted by Gasteiger charge is -2.44. The molecule has 2 unspecified atom stereocenters. The van der Waals surface area contributed by atoms with E-state index in [1.54, 1.807) is 0 Å². The molecular weight excluding hydrogens is 288 g/mol. The van der Waals surface area contributed by atoms with Gasteiger partial charge in [-0.05, 0) is 41.5 Å². The Morgan fingerprint density at radius 3 is 2.29 bits per heavy atom. The zero-order chi connectivity index (χ0) is 15.8. The SMILES string of the molecule is Cc1nsc(N2CC(C)N(C(=O)OC(C)(C)C)C(C)C2)n1. The Bertz CT molecular complexity index is 499. The van der Waals surface area contributed by atoms with Gasteiger partial charge in [0.25, 0.3) is 0 Å². The van der Waals surface area contributed by atoms with Crippen molar-refractivity contribution in [2.45, 2.75) is 59.2 Å². The minimum absolute atomic E-state index is 0.0767. The molecule has 2 rings (SSSR count). The van der Waals surface area contributed by atoms with E-state index in [1.807, 2.05) is 46.4 Å². The van der Waals surface area contributed by atoms with E-state index in [-0.39, 0.29) is 18.2 Å². The number of ether oxygens (including phenoxy) is 1. The molecule has 118 valence electrons. The number of carbonyl (C=O) groups excluding carboxylic acids is 1. The van der Waals surface area contributed by atoms with Gasteiger partial charge in [-0.2, -0.15) is 4.37 Å². The number of carbonyl (C=O) groups is 1. The second-order valence-corrected chi connectivity index (χ2v) is 7.35. The van der Waals surface area contributed by atoms with Crippen LogP contribution in [0.3, 0.4) is 0 Å². The Morgan fingerprint density at radius 2 is 1.86 bits per heavy atom. The van der Waals surface area contributed by atoms with Crippen LogP contribution in [0.1, 0.15) is 40.4 Å². The summed E-state index contributed by atoms with van der Waals surface area (Å²) in [5.41, 5.74) is -0.468. The third-order valence-corrected chi connectivity index (χ3v) is 4.18. The molecule has 1 saturated heterocycles. The van der Waals surface area contributed by atoms with Gasteiger partial charge in [0, 0.05) is 24.6 Å². The maximum Gasteiger partial charge on any atom is 0.410 e. The van der Waals surface area contributed by atoms with Crippen molar-refractivity contribution in [2.24, 2.45) is 0 Å². The topological polar surface area (TPSA) is 58.6 Å². The molecule has 0 aliphatic carbocycles. The number of nitrogens with zero attached hydrogens (tertiary/aromatic N) is 4. The number of hydrogen-bond donors (Lipinski definition) is 0. The first-order chi connectivity index (χ1) is 9.67. The van der Waals surface area contributed by atoms with Gasteiger partial charge in [0.2, 0.25) is 5.13 Å². The standard InChI is InChI=1S/C14H24N4O2S/c1-9-7-17(12-15-11(3)16-21-12)8-10(2)18(9)13(19)20-14(4,5)6/h9-10H,7-8H2,1-6H3. The van der Waals surface area contributed by atoms with Crippen molar-refractivity contribution in [3.05, 3.63) is 5.82 Å². The number of anilines is 1. The zero-order valence-electron chi connectivity index (χ0n) is 13.6. The second-order valence-electron chi connectivity index (χ2n) is 6.61. The summed E-state index contributed by atoms with van der Waals surface area (Å²) in [6.07, 6.45) is -0.240. The van der Waals surface area contributed by atoms with Gasteiger partial charge in [0.15, 0.2) is 0 Å². The highest BCUT2D eigenvalue weighted by Crippen LogP contribution is 2.25. The summed E-state index contributed by atoms with van der Waals surface area (Å²) in [4.78, 5) is 20.8. The molecule has 1 fully saturated rings. The van der Waals surface area contributed by atoms with E-state index in [0.717, 1.165) is 24.0 Å². The van der Waals surface area contributed by atoms with Crippen LogP contribution in [0.25, 0.3) is 0 Å². The van der Waals surface area contributed by atoms with Gasteiger partial charge in [-0.1, -0.05) is 0 Å². The number of hydrogen-bond acceptors (Lipinski definition) is 6. The van der Waals surface area contributed by atoms with Gasteiger partial charge < -0.3 is 9.64 Å². The van der Waals surface area contributed by atoms with Crippen LogP contribution in [0.4, 0.5) is 9.93 Å². The molecule has 2 heterocycles. The highest BCUT2D eigenvalue weighted by molar-refractivity contribution is 7.09. The first-order valence-corrected chi connectivity index (χ1v) is 8.01. The lowest BCUT2D eigenvalue weighted by Crippen LogP contribution is -2.59. The number of rotatable bonds is 1. The molecule has 1 aromatic heterocycles. The number of piperazine rings is 1. The maximum absolute atomic E-state index is 12.3. The normalized spacial score (nSPS) is 23.3. The Labute approximate surface area is 130 Å². The lowest BCUT2D eigenvalue weighted by molar-refractivity contribution is 0.00566. The van der Waals surface area contributed by atoms with Crippen molar-refractivity contribution in [3.8, 4) is 0 Å². The third kappa shape index (κ3) is 3.84. The molecule has 1 amide bonds. The van der Waals surface area contributed by atoms with E-state index in [2.05, 4.69) is 14.3 Å². The molecule has 0 N–H and O–H groups in total. The second kappa shape index (κ2) is 5.79. The van der Waals surface area contributed by atoms with Crippen molar-refractivity contribution in [1.29, 1.82) is 0 Å². The predicted molar refractivity (Wildman–Crippen MR) is 83.9 cm³/mol. The highest BCUT2D eigenvalue weighted by Gasteiger charge is 2.36. The van der Waals surface area contributed by atoms with Crippen LogP contribution in [0.15, 0.2) is 0 Å². The van der Waals surface area contributed by atoms with Crippen LogP contribution in [0.5, 0.6) is 0 Å². The smallest absolute Gasteiger partial charge is 0.410 e. The number of aryl methyl sites for hydroxylation is 1. The summed E-state index contributed by atoms with van der Waals surface area (Å²) in [7, 11) is 0. The van der Waals surface area contributed by atoms with Crippen molar-refractivity contribution < 1.29 is 9.53 Å². The Balaban J connectivity index is 2.07. The van der Waals surface area contributed by atoms with Gasteiger partial charge in [-0.15, -0.1) is 0 Å². The summed E-state index contributed by atoms with van der Waals surface area (Å²) in [6, 6.07) is 0.153. The van der Waals surface area contributed by atoms with Crippen molar-refractivity contribution >= 4 is 22.8 Å². The molecule has 1 aromatic rings. The first-order valence-electron chi connectivity index (χ1n) is 7.24. The monoisotopic (exact) mass is 312 g/mol. The maximum atomic E-state index is 12.3. The summed E-state index contributed by atoms with van der Waals surface area (Å²) in [5, 5.41) is 0.926. The van der Waals surface area contributed by atoms with Crippen LogP contribution in [-0.4, -0.2) is 51.1 Å². The molecule has 0 radical (unpaired) electrons. The minimum atomic E-state index is -0.468. The average molecular weight is 312 g/mol.